The van der Waals surface area contributed by atoms with Gasteiger partial charge in [-0.15, -0.1) is 0 Å². The highest BCUT2D eigenvalue weighted by Gasteiger charge is 2.17. The Morgan fingerprint density at radius 2 is 1.69 bits per heavy atom. The van der Waals surface area contributed by atoms with E-state index in [-0.39, 0.29) is 25.1 Å². The predicted molar refractivity (Wildman–Crippen MR) is 136 cm³/mol. The second-order valence-corrected chi connectivity index (χ2v) is 8.95. The zero-order valence-electron chi connectivity index (χ0n) is 21.2. The van der Waals surface area contributed by atoms with Gasteiger partial charge in [0.1, 0.15) is 24.2 Å². The van der Waals surface area contributed by atoms with Gasteiger partial charge in [0.15, 0.2) is 0 Å². The summed E-state index contributed by atoms with van der Waals surface area (Å²) in [4.78, 5) is 24.9. The average Bonchev–Trinajstić information content (AvgIpc) is 2.83. The number of hydrogen-bond acceptors (Lipinski definition) is 6. The normalized spacial score (nSPS) is 11.8. The monoisotopic (exact) mass is 485 g/mol. The number of hydrogen-bond donors (Lipinski definition) is 1. The molecule has 0 aliphatic rings. The smallest absolute Gasteiger partial charge is 0.306 e. The third-order valence-corrected chi connectivity index (χ3v) is 5.60. The van der Waals surface area contributed by atoms with Crippen LogP contribution in [0.3, 0.4) is 0 Å². The minimum Gasteiger partial charge on any atom is -0.497 e. The van der Waals surface area contributed by atoms with Crippen LogP contribution in [0.15, 0.2) is 48.5 Å². The van der Waals surface area contributed by atoms with E-state index in [0.717, 1.165) is 42.7 Å². The number of aryl methyl sites for hydroxylation is 2. The molecule has 0 saturated carbocycles. The summed E-state index contributed by atoms with van der Waals surface area (Å²) < 4.78 is 17.2. The van der Waals surface area contributed by atoms with Crippen LogP contribution in [0.2, 0.25) is 0 Å². The van der Waals surface area contributed by atoms with Crippen molar-refractivity contribution in [1.29, 1.82) is 0 Å². The Morgan fingerprint density at radius 1 is 0.943 bits per heavy atom. The molecule has 0 aromatic heterocycles. The molecular formula is C28H39NO6. The van der Waals surface area contributed by atoms with Crippen molar-refractivity contribution in [3.05, 3.63) is 59.7 Å². The lowest BCUT2D eigenvalue weighted by atomic mass is 10.0. The molecule has 1 atom stereocenters. The maximum absolute atomic E-state index is 12.4. The highest BCUT2D eigenvalue weighted by Crippen LogP contribution is 2.22. The molecule has 0 aliphatic heterocycles. The van der Waals surface area contributed by atoms with Gasteiger partial charge >= 0.3 is 11.9 Å². The summed E-state index contributed by atoms with van der Waals surface area (Å²) in [5.74, 6) is 0.622. The molecule has 7 nitrogen and oxygen atoms in total. The van der Waals surface area contributed by atoms with E-state index in [9.17, 15) is 9.59 Å². The molecule has 0 amide bonds. The number of nitrogens with zero attached hydrogens (tertiary/aromatic N) is 1. The van der Waals surface area contributed by atoms with Gasteiger partial charge in [-0.1, -0.05) is 43.2 Å². The van der Waals surface area contributed by atoms with E-state index in [1.807, 2.05) is 55.4 Å². The fraction of sp³-hybridized carbons (Fsp3) is 0.500. The zero-order chi connectivity index (χ0) is 25.5. The van der Waals surface area contributed by atoms with Gasteiger partial charge < -0.3 is 24.2 Å². The fourth-order valence-corrected chi connectivity index (χ4v) is 3.82. The van der Waals surface area contributed by atoms with E-state index in [1.54, 1.807) is 7.11 Å². The van der Waals surface area contributed by atoms with Gasteiger partial charge in [0, 0.05) is 19.4 Å². The summed E-state index contributed by atoms with van der Waals surface area (Å²) in [6.07, 6.45) is 4.76. The molecule has 35 heavy (non-hydrogen) atoms. The number of carboxylic acids is 1. The number of methoxy groups -OCH3 is 1. The van der Waals surface area contributed by atoms with E-state index in [0.29, 0.717) is 25.8 Å². The summed E-state index contributed by atoms with van der Waals surface area (Å²) in [7, 11) is 5.54. The maximum Gasteiger partial charge on any atom is 0.306 e. The van der Waals surface area contributed by atoms with Crippen molar-refractivity contribution in [2.45, 2.75) is 57.5 Å². The van der Waals surface area contributed by atoms with Crippen LogP contribution >= 0.6 is 0 Å². The topological polar surface area (TPSA) is 85.3 Å². The second-order valence-electron chi connectivity index (χ2n) is 8.95. The van der Waals surface area contributed by atoms with Crippen LogP contribution in [0.5, 0.6) is 11.5 Å². The van der Waals surface area contributed by atoms with Gasteiger partial charge in [-0.05, 0) is 69.1 Å². The SMILES string of the molecule is COc1cccc(CCc2ccccc2OC[C@@H](CN(C)C)OC(=O)CCCCCCC(=O)O)c1. The molecule has 2 rings (SSSR count). The first-order chi connectivity index (χ1) is 16.9. The third kappa shape index (κ3) is 11.8. The Hall–Kier alpha value is -3.06. The van der Waals surface area contributed by atoms with Crippen LogP contribution in [0.1, 0.15) is 49.7 Å². The van der Waals surface area contributed by atoms with Gasteiger partial charge in [0.2, 0.25) is 0 Å². The summed E-state index contributed by atoms with van der Waals surface area (Å²) in [6.45, 7) is 0.842. The highest BCUT2D eigenvalue weighted by molar-refractivity contribution is 5.69. The first-order valence-corrected chi connectivity index (χ1v) is 12.3. The van der Waals surface area contributed by atoms with Crippen LogP contribution in [0, 0.1) is 0 Å². The number of carbonyl (C=O) groups is 2. The Kier molecular flexibility index (Phi) is 12.7. The number of benzene rings is 2. The number of unbranched alkanes of at least 4 members (excludes halogenated alkanes) is 3. The quantitative estimate of drug-likeness (QED) is 0.255. The zero-order valence-corrected chi connectivity index (χ0v) is 21.2. The van der Waals surface area contributed by atoms with Crippen molar-refractivity contribution in [3.63, 3.8) is 0 Å². The first-order valence-electron chi connectivity index (χ1n) is 12.3. The lowest BCUT2D eigenvalue weighted by Crippen LogP contribution is -2.35. The summed E-state index contributed by atoms with van der Waals surface area (Å²) in [5.41, 5.74) is 2.30. The molecule has 0 fully saturated rings. The van der Waals surface area contributed by atoms with E-state index < -0.39 is 5.97 Å². The molecule has 0 saturated heterocycles. The lowest BCUT2D eigenvalue weighted by Gasteiger charge is -2.22. The van der Waals surface area contributed by atoms with E-state index in [2.05, 4.69) is 12.1 Å². The van der Waals surface area contributed by atoms with Gasteiger partial charge in [0.05, 0.1) is 7.11 Å². The van der Waals surface area contributed by atoms with Crippen LogP contribution in [0.25, 0.3) is 0 Å². The van der Waals surface area contributed by atoms with Gasteiger partial charge in [-0.25, -0.2) is 0 Å². The van der Waals surface area contributed by atoms with Crippen molar-refractivity contribution in [3.8, 4) is 11.5 Å². The van der Waals surface area contributed by atoms with Crippen LogP contribution in [-0.2, 0) is 27.2 Å². The fourth-order valence-electron chi connectivity index (χ4n) is 3.82. The Balaban J connectivity index is 1.86. The minimum absolute atomic E-state index is 0.174. The van der Waals surface area contributed by atoms with Crippen molar-refractivity contribution in [2.75, 3.05) is 34.4 Å². The number of ether oxygens (including phenoxy) is 3. The molecule has 0 aliphatic carbocycles. The van der Waals surface area contributed by atoms with E-state index in [1.165, 1.54) is 5.56 Å². The maximum atomic E-state index is 12.4. The average molecular weight is 486 g/mol. The summed E-state index contributed by atoms with van der Waals surface area (Å²) in [5, 5.41) is 8.69. The number of aliphatic carboxylic acids is 1. The van der Waals surface area contributed by atoms with Crippen molar-refractivity contribution in [1.82, 2.24) is 4.90 Å². The highest BCUT2D eigenvalue weighted by atomic mass is 16.6. The minimum atomic E-state index is -0.780. The van der Waals surface area contributed by atoms with Gasteiger partial charge in [0.25, 0.3) is 0 Å². The number of esters is 1. The van der Waals surface area contributed by atoms with Crippen LogP contribution < -0.4 is 9.47 Å². The van der Waals surface area contributed by atoms with Crippen molar-refractivity contribution >= 4 is 11.9 Å². The third-order valence-electron chi connectivity index (χ3n) is 5.60. The Morgan fingerprint density at radius 3 is 2.40 bits per heavy atom. The molecule has 192 valence electrons. The molecule has 7 heteroatoms. The standard InChI is InChI=1S/C28H39NO6/c1-29(2)20-25(35-28(32)16-7-5-4-6-15-27(30)31)21-34-26-14-9-8-12-23(26)18-17-22-11-10-13-24(19-22)33-3/h8-14,19,25H,4-7,15-18,20-21H2,1-3H3,(H,30,31)/t25-/m1/s1. The molecule has 0 radical (unpaired) electrons. The number of carbonyl (C=O) groups excluding carboxylic acids is 1. The largest absolute Gasteiger partial charge is 0.497 e. The lowest BCUT2D eigenvalue weighted by molar-refractivity contribution is -0.151. The van der Waals surface area contributed by atoms with Crippen LogP contribution in [0.4, 0.5) is 0 Å². The number of rotatable bonds is 17. The van der Waals surface area contributed by atoms with Crippen molar-refractivity contribution < 1.29 is 28.9 Å². The molecule has 0 spiro atoms. The molecular weight excluding hydrogens is 446 g/mol. The van der Waals surface area contributed by atoms with E-state index >= 15 is 0 Å². The van der Waals surface area contributed by atoms with Gasteiger partial charge in [-0.2, -0.15) is 0 Å². The Labute approximate surface area is 209 Å². The number of para-hydroxylation sites is 1. The van der Waals surface area contributed by atoms with Crippen LogP contribution in [-0.4, -0.2) is 62.4 Å². The van der Waals surface area contributed by atoms with Crippen molar-refractivity contribution in [2.24, 2.45) is 0 Å². The molecule has 0 bridgehead atoms. The molecule has 0 unspecified atom stereocenters. The summed E-state index contributed by atoms with van der Waals surface area (Å²) in [6, 6.07) is 16.0. The molecule has 0 heterocycles. The number of carboxylic acid groups (broad SMARTS) is 1. The van der Waals surface area contributed by atoms with E-state index in [4.69, 9.17) is 19.3 Å². The second kappa shape index (κ2) is 15.8. The number of likely N-dealkylation sites (N-methyl/N-ethyl adjacent to an activating group) is 1. The van der Waals surface area contributed by atoms with Gasteiger partial charge in [-0.3, -0.25) is 9.59 Å². The summed E-state index contributed by atoms with van der Waals surface area (Å²) >= 11 is 0. The predicted octanol–water partition coefficient (Wildman–Crippen LogP) is 4.76. The molecule has 1 N–H and O–H groups in total. The molecule has 2 aromatic rings. The molecule has 2 aromatic carbocycles. The Bertz CT molecular complexity index is 914. The first kappa shape index (κ1) is 28.2.